The first-order valence-electron chi connectivity index (χ1n) is 12.2. The van der Waals surface area contributed by atoms with Gasteiger partial charge in [0.2, 0.25) is 21.8 Å². The molecule has 0 aliphatic carbocycles. The standard InChI is InChI=1S/C26H33N3O5S/c30-25(27-24(20-22-6-2-1-3-7-22)26(31)28-14-4-5-15-28)13-10-21-8-11-23(12-9-21)35(32,33)29-16-18-34-19-17-29/h1-3,6-9,11-12,24H,4-5,10,13-20H2,(H,27,30). The summed E-state index contributed by atoms with van der Waals surface area (Å²) in [5.41, 5.74) is 1.87. The Morgan fingerprint density at radius 3 is 2.20 bits per heavy atom. The second kappa shape index (κ2) is 11.8. The summed E-state index contributed by atoms with van der Waals surface area (Å²) in [5, 5.41) is 2.95. The lowest BCUT2D eigenvalue weighted by Gasteiger charge is -2.26. The number of sulfonamides is 1. The van der Waals surface area contributed by atoms with Crippen LogP contribution in [-0.2, 0) is 37.2 Å². The van der Waals surface area contributed by atoms with E-state index < -0.39 is 16.1 Å². The average molecular weight is 500 g/mol. The molecule has 2 saturated heterocycles. The van der Waals surface area contributed by atoms with Gasteiger partial charge >= 0.3 is 0 Å². The van der Waals surface area contributed by atoms with Crippen molar-refractivity contribution in [2.24, 2.45) is 0 Å². The molecule has 2 aliphatic rings. The first-order valence-corrected chi connectivity index (χ1v) is 13.7. The van der Waals surface area contributed by atoms with Crippen LogP contribution in [0.15, 0.2) is 59.5 Å². The summed E-state index contributed by atoms with van der Waals surface area (Å²) < 4.78 is 32.2. The highest BCUT2D eigenvalue weighted by atomic mass is 32.2. The van der Waals surface area contributed by atoms with Gasteiger partial charge in [-0.2, -0.15) is 4.31 Å². The molecule has 9 heteroatoms. The lowest BCUT2D eigenvalue weighted by Crippen LogP contribution is -2.49. The van der Waals surface area contributed by atoms with Gasteiger partial charge in [-0.3, -0.25) is 9.59 Å². The highest BCUT2D eigenvalue weighted by Crippen LogP contribution is 2.18. The lowest BCUT2D eigenvalue weighted by molar-refractivity contribution is -0.135. The number of benzene rings is 2. The Bertz CT molecular complexity index is 1090. The molecule has 0 radical (unpaired) electrons. The summed E-state index contributed by atoms with van der Waals surface area (Å²) >= 11 is 0. The van der Waals surface area contributed by atoms with Crippen LogP contribution in [0, 0.1) is 0 Å². The number of aryl methyl sites for hydroxylation is 1. The molecule has 0 bridgehead atoms. The number of morpholine rings is 1. The average Bonchev–Trinajstić information content (AvgIpc) is 3.43. The molecule has 188 valence electrons. The number of amides is 2. The highest BCUT2D eigenvalue weighted by Gasteiger charge is 2.28. The fourth-order valence-electron chi connectivity index (χ4n) is 4.50. The van der Waals surface area contributed by atoms with Crippen LogP contribution in [-0.4, -0.2) is 74.9 Å². The third-order valence-corrected chi connectivity index (χ3v) is 8.42. The van der Waals surface area contributed by atoms with Gasteiger partial charge in [-0.25, -0.2) is 8.42 Å². The SMILES string of the molecule is O=C(CCc1ccc(S(=O)(=O)N2CCOCC2)cc1)NC(Cc1ccccc1)C(=O)N1CCCC1. The van der Waals surface area contributed by atoms with E-state index in [1.165, 1.54) is 4.31 Å². The third-order valence-electron chi connectivity index (χ3n) is 6.51. The fraction of sp³-hybridized carbons (Fsp3) is 0.462. The van der Waals surface area contributed by atoms with Crippen LogP contribution in [0.4, 0.5) is 0 Å². The van der Waals surface area contributed by atoms with E-state index in [0.717, 1.165) is 37.1 Å². The van der Waals surface area contributed by atoms with E-state index in [0.29, 0.717) is 39.1 Å². The number of nitrogens with zero attached hydrogens (tertiary/aromatic N) is 2. The Morgan fingerprint density at radius 2 is 1.54 bits per heavy atom. The number of carbonyl (C=O) groups is 2. The molecule has 1 unspecified atom stereocenters. The van der Waals surface area contributed by atoms with Gasteiger partial charge in [0.25, 0.3) is 0 Å². The van der Waals surface area contributed by atoms with Crippen LogP contribution >= 0.6 is 0 Å². The van der Waals surface area contributed by atoms with Crippen LogP contribution in [0.2, 0.25) is 0 Å². The van der Waals surface area contributed by atoms with E-state index in [9.17, 15) is 18.0 Å². The quantitative estimate of drug-likeness (QED) is 0.569. The molecule has 0 saturated carbocycles. The van der Waals surface area contributed by atoms with Crippen molar-refractivity contribution >= 4 is 21.8 Å². The van der Waals surface area contributed by atoms with Crippen LogP contribution < -0.4 is 5.32 Å². The van der Waals surface area contributed by atoms with Crippen molar-refractivity contribution in [1.82, 2.24) is 14.5 Å². The Balaban J connectivity index is 1.35. The number of rotatable bonds is 9. The molecule has 2 aromatic rings. The van der Waals surface area contributed by atoms with Crippen molar-refractivity contribution in [3.8, 4) is 0 Å². The lowest BCUT2D eigenvalue weighted by atomic mass is 10.0. The third kappa shape index (κ3) is 6.68. The summed E-state index contributed by atoms with van der Waals surface area (Å²) in [5.74, 6) is -0.221. The topological polar surface area (TPSA) is 96.0 Å². The zero-order chi connectivity index (χ0) is 24.7. The number of likely N-dealkylation sites (tertiary alicyclic amines) is 1. The van der Waals surface area contributed by atoms with Gasteiger partial charge < -0.3 is 15.0 Å². The van der Waals surface area contributed by atoms with Crippen molar-refractivity contribution in [3.63, 3.8) is 0 Å². The van der Waals surface area contributed by atoms with Gasteiger partial charge in [0, 0.05) is 39.0 Å². The zero-order valence-corrected chi connectivity index (χ0v) is 20.7. The van der Waals surface area contributed by atoms with Crippen molar-refractivity contribution < 1.29 is 22.7 Å². The van der Waals surface area contributed by atoms with E-state index in [4.69, 9.17) is 4.74 Å². The van der Waals surface area contributed by atoms with Crippen molar-refractivity contribution in [3.05, 3.63) is 65.7 Å². The molecule has 0 aromatic heterocycles. The molecule has 0 spiro atoms. The Kier molecular flexibility index (Phi) is 8.54. The van der Waals surface area contributed by atoms with Gasteiger partial charge in [-0.05, 0) is 42.5 Å². The molecule has 2 aliphatic heterocycles. The molecular formula is C26H33N3O5S. The molecule has 4 rings (SSSR count). The van der Waals surface area contributed by atoms with Crippen LogP contribution in [0.1, 0.15) is 30.4 Å². The summed E-state index contributed by atoms with van der Waals surface area (Å²) in [4.78, 5) is 27.9. The maximum Gasteiger partial charge on any atom is 0.245 e. The first kappa shape index (κ1) is 25.3. The normalized spacial score (nSPS) is 17.8. The summed E-state index contributed by atoms with van der Waals surface area (Å²) in [6.07, 6.45) is 3.12. The molecule has 2 fully saturated rings. The van der Waals surface area contributed by atoms with Crippen molar-refractivity contribution in [1.29, 1.82) is 0 Å². The van der Waals surface area contributed by atoms with E-state index in [2.05, 4.69) is 5.32 Å². The maximum atomic E-state index is 13.1. The Labute approximate surface area is 207 Å². The molecule has 2 aromatic carbocycles. The van der Waals surface area contributed by atoms with Gasteiger partial charge in [0.1, 0.15) is 6.04 Å². The minimum absolute atomic E-state index is 0.0302. The number of hydrogen-bond donors (Lipinski definition) is 1. The Morgan fingerprint density at radius 1 is 0.886 bits per heavy atom. The fourth-order valence-corrected chi connectivity index (χ4v) is 5.90. The van der Waals surface area contributed by atoms with Gasteiger partial charge in [0.15, 0.2) is 0 Å². The van der Waals surface area contributed by atoms with E-state index in [1.807, 2.05) is 35.2 Å². The molecule has 35 heavy (non-hydrogen) atoms. The van der Waals surface area contributed by atoms with E-state index in [-0.39, 0.29) is 23.1 Å². The number of hydrogen-bond acceptors (Lipinski definition) is 5. The van der Waals surface area contributed by atoms with E-state index in [1.54, 1.807) is 24.3 Å². The predicted molar refractivity (Wildman–Crippen MR) is 132 cm³/mol. The van der Waals surface area contributed by atoms with Crippen LogP contribution in [0.25, 0.3) is 0 Å². The molecule has 1 atom stereocenters. The van der Waals surface area contributed by atoms with Crippen molar-refractivity contribution in [2.75, 3.05) is 39.4 Å². The van der Waals surface area contributed by atoms with E-state index >= 15 is 0 Å². The molecule has 1 N–H and O–H groups in total. The van der Waals surface area contributed by atoms with Gasteiger partial charge in [-0.15, -0.1) is 0 Å². The number of carbonyl (C=O) groups excluding carboxylic acids is 2. The largest absolute Gasteiger partial charge is 0.379 e. The monoisotopic (exact) mass is 499 g/mol. The number of nitrogens with one attached hydrogen (secondary N) is 1. The van der Waals surface area contributed by atoms with Crippen LogP contribution in [0.3, 0.4) is 0 Å². The number of ether oxygens (including phenoxy) is 1. The maximum absolute atomic E-state index is 13.1. The predicted octanol–water partition coefficient (Wildman–Crippen LogP) is 1.99. The zero-order valence-electron chi connectivity index (χ0n) is 19.9. The molecular weight excluding hydrogens is 466 g/mol. The summed E-state index contributed by atoms with van der Waals surface area (Å²) in [7, 11) is -3.54. The molecule has 2 amide bonds. The smallest absolute Gasteiger partial charge is 0.245 e. The van der Waals surface area contributed by atoms with Crippen molar-refractivity contribution in [2.45, 2.75) is 43.0 Å². The summed E-state index contributed by atoms with van der Waals surface area (Å²) in [6.45, 7) is 2.98. The minimum atomic E-state index is -3.54. The highest BCUT2D eigenvalue weighted by molar-refractivity contribution is 7.89. The second-order valence-corrected chi connectivity index (χ2v) is 10.9. The van der Waals surface area contributed by atoms with Crippen LogP contribution in [0.5, 0.6) is 0 Å². The first-order chi connectivity index (χ1) is 16.9. The molecule has 8 nitrogen and oxygen atoms in total. The minimum Gasteiger partial charge on any atom is -0.379 e. The van der Waals surface area contributed by atoms with Gasteiger partial charge in [0.05, 0.1) is 18.1 Å². The second-order valence-electron chi connectivity index (χ2n) is 9.00. The summed E-state index contributed by atoms with van der Waals surface area (Å²) in [6, 6.07) is 15.8. The molecule has 2 heterocycles. The Hall–Kier alpha value is -2.75. The van der Waals surface area contributed by atoms with Gasteiger partial charge in [-0.1, -0.05) is 42.5 Å².